The Morgan fingerprint density at radius 2 is 2.22 bits per heavy atom. The molecule has 0 unspecified atom stereocenters. The third-order valence-electron chi connectivity index (χ3n) is 3.41. The van der Waals surface area contributed by atoms with E-state index in [4.69, 9.17) is 5.73 Å². The van der Waals surface area contributed by atoms with Crippen LogP contribution in [-0.4, -0.2) is 16.4 Å². The first-order valence-corrected chi connectivity index (χ1v) is 6.99. The Morgan fingerprint density at radius 1 is 1.56 bits per heavy atom. The van der Waals surface area contributed by atoms with Crippen LogP contribution in [0.4, 0.5) is 5.69 Å². The number of aromatic nitrogens is 1. The molecule has 3 N–H and O–H groups in total. The quantitative estimate of drug-likeness (QED) is 0.843. The molecule has 1 amide bonds. The maximum atomic E-state index is 11.9. The minimum absolute atomic E-state index is 0.0251. The first-order chi connectivity index (χ1) is 8.48. The fourth-order valence-corrected chi connectivity index (χ4v) is 2.62. The van der Waals surface area contributed by atoms with Gasteiger partial charge in [0.25, 0.3) is 0 Å². The molecule has 1 heterocycles. The summed E-state index contributed by atoms with van der Waals surface area (Å²) in [4.78, 5) is 16.1. The van der Waals surface area contributed by atoms with Crippen LogP contribution in [0.2, 0.25) is 0 Å². The SMILES string of the molecule is Cc1cc(NC(=O)CC2(N)CCCC2)cnc1Br. The van der Waals surface area contributed by atoms with Crippen LogP contribution >= 0.6 is 15.9 Å². The number of amides is 1. The Labute approximate surface area is 115 Å². The van der Waals surface area contributed by atoms with E-state index in [0.29, 0.717) is 6.42 Å². The highest BCUT2D eigenvalue weighted by Gasteiger charge is 2.31. The van der Waals surface area contributed by atoms with Gasteiger partial charge in [-0.1, -0.05) is 12.8 Å². The minimum Gasteiger partial charge on any atom is -0.325 e. The third-order valence-corrected chi connectivity index (χ3v) is 4.24. The molecule has 1 aromatic rings. The molecule has 0 aliphatic heterocycles. The van der Waals surface area contributed by atoms with Gasteiger partial charge in [0.1, 0.15) is 4.60 Å². The molecule has 2 rings (SSSR count). The molecule has 0 spiro atoms. The lowest BCUT2D eigenvalue weighted by molar-refractivity contribution is -0.117. The van der Waals surface area contributed by atoms with Crippen LogP contribution in [0.15, 0.2) is 16.9 Å². The Bertz CT molecular complexity index is 456. The van der Waals surface area contributed by atoms with Crippen molar-refractivity contribution in [1.82, 2.24) is 4.98 Å². The van der Waals surface area contributed by atoms with Gasteiger partial charge >= 0.3 is 0 Å². The van der Waals surface area contributed by atoms with Gasteiger partial charge in [-0.2, -0.15) is 0 Å². The zero-order chi connectivity index (χ0) is 13.2. The number of halogens is 1. The molecule has 1 aromatic heterocycles. The van der Waals surface area contributed by atoms with Crippen molar-refractivity contribution >= 4 is 27.5 Å². The predicted molar refractivity (Wildman–Crippen MR) is 75.3 cm³/mol. The van der Waals surface area contributed by atoms with Gasteiger partial charge in [-0.05, 0) is 47.3 Å². The lowest BCUT2D eigenvalue weighted by atomic mass is 9.94. The van der Waals surface area contributed by atoms with E-state index < -0.39 is 0 Å². The van der Waals surface area contributed by atoms with E-state index in [0.717, 1.165) is 41.5 Å². The molecule has 5 heteroatoms. The van der Waals surface area contributed by atoms with Gasteiger partial charge in [0, 0.05) is 12.0 Å². The summed E-state index contributed by atoms with van der Waals surface area (Å²) < 4.78 is 0.798. The molecule has 1 fully saturated rings. The van der Waals surface area contributed by atoms with Crippen molar-refractivity contribution in [3.05, 3.63) is 22.4 Å². The minimum atomic E-state index is -0.304. The standard InChI is InChI=1S/C13H18BrN3O/c1-9-6-10(8-16-12(9)14)17-11(18)7-13(15)4-2-3-5-13/h6,8H,2-5,7,15H2,1H3,(H,17,18). The molecule has 98 valence electrons. The molecule has 1 aliphatic carbocycles. The van der Waals surface area contributed by atoms with Crippen molar-refractivity contribution in [1.29, 1.82) is 0 Å². The van der Waals surface area contributed by atoms with Gasteiger partial charge in [-0.25, -0.2) is 4.98 Å². The van der Waals surface area contributed by atoms with Gasteiger partial charge in [-0.15, -0.1) is 0 Å². The first-order valence-electron chi connectivity index (χ1n) is 6.19. The Kier molecular flexibility index (Phi) is 4.02. The number of aryl methyl sites for hydroxylation is 1. The zero-order valence-corrected chi connectivity index (χ0v) is 12.1. The van der Waals surface area contributed by atoms with E-state index in [1.807, 2.05) is 13.0 Å². The Hall–Kier alpha value is -0.940. The maximum absolute atomic E-state index is 11.9. The van der Waals surface area contributed by atoms with Gasteiger partial charge in [0.05, 0.1) is 11.9 Å². The summed E-state index contributed by atoms with van der Waals surface area (Å²) in [7, 11) is 0. The molecule has 18 heavy (non-hydrogen) atoms. The predicted octanol–water partition coefficient (Wildman–Crippen LogP) is 2.75. The van der Waals surface area contributed by atoms with Crippen LogP contribution in [0.5, 0.6) is 0 Å². The average Bonchev–Trinajstić information content (AvgIpc) is 2.70. The van der Waals surface area contributed by atoms with Crippen molar-refractivity contribution in [2.75, 3.05) is 5.32 Å². The van der Waals surface area contributed by atoms with Crippen LogP contribution in [0, 0.1) is 6.92 Å². The fourth-order valence-electron chi connectivity index (χ4n) is 2.41. The maximum Gasteiger partial charge on any atom is 0.226 e. The molecule has 0 aromatic carbocycles. The van der Waals surface area contributed by atoms with Crippen LogP contribution in [0.25, 0.3) is 0 Å². The van der Waals surface area contributed by atoms with E-state index in [1.54, 1.807) is 6.20 Å². The fraction of sp³-hybridized carbons (Fsp3) is 0.538. The van der Waals surface area contributed by atoms with Crippen molar-refractivity contribution in [2.24, 2.45) is 5.73 Å². The van der Waals surface area contributed by atoms with Gasteiger partial charge < -0.3 is 11.1 Å². The van der Waals surface area contributed by atoms with E-state index >= 15 is 0 Å². The van der Waals surface area contributed by atoms with E-state index in [1.165, 1.54) is 0 Å². The smallest absolute Gasteiger partial charge is 0.226 e. The highest BCUT2D eigenvalue weighted by Crippen LogP contribution is 2.30. The van der Waals surface area contributed by atoms with Gasteiger partial charge in [0.2, 0.25) is 5.91 Å². The third kappa shape index (κ3) is 3.29. The van der Waals surface area contributed by atoms with Crippen molar-refractivity contribution < 1.29 is 4.79 Å². The summed E-state index contributed by atoms with van der Waals surface area (Å²) in [6, 6.07) is 1.90. The second-order valence-electron chi connectivity index (χ2n) is 5.13. The summed E-state index contributed by atoms with van der Waals surface area (Å²) in [5, 5.41) is 2.86. The molecule has 4 nitrogen and oxygen atoms in total. The largest absolute Gasteiger partial charge is 0.325 e. The molecular weight excluding hydrogens is 294 g/mol. The number of carbonyl (C=O) groups excluding carboxylic acids is 1. The average molecular weight is 312 g/mol. The van der Waals surface area contributed by atoms with Gasteiger partial charge in [-0.3, -0.25) is 4.79 Å². The molecule has 0 bridgehead atoms. The molecule has 0 atom stereocenters. The second kappa shape index (κ2) is 5.36. The topological polar surface area (TPSA) is 68.0 Å². The lowest BCUT2D eigenvalue weighted by Gasteiger charge is -2.22. The van der Waals surface area contributed by atoms with Crippen molar-refractivity contribution in [2.45, 2.75) is 44.6 Å². The summed E-state index contributed by atoms with van der Waals surface area (Å²) in [6.07, 6.45) is 6.18. The number of rotatable bonds is 3. The summed E-state index contributed by atoms with van der Waals surface area (Å²) >= 11 is 3.33. The molecule has 1 saturated carbocycles. The van der Waals surface area contributed by atoms with Crippen LogP contribution in [0.3, 0.4) is 0 Å². The summed E-state index contributed by atoms with van der Waals surface area (Å²) in [6.45, 7) is 1.94. The first kappa shape index (κ1) is 13.5. The zero-order valence-electron chi connectivity index (χ0n) is 10.5. The number of hydrogen-bond donors (Lipinski definition) is 2. The Balaban J connectivity index is 1.96. The van der Waals surface area contributed by atoms with E-state index in [9.17, 15) is 4.79 Å². The van der Waals surface area contributed by atoms with Gasteiger partial charge in [0.15, 0.2) is 0 Å². The van der Waals surface area contributed by atoms with E-state index in [-0.39, 0.29) is 11.4 Å². The number of nitrogens with one attached hydrogen (secondary N) is 1. The second-order valence-corrected chi connectivity index (χ2v) is 5.88. The molecule has 1 aliphatic rings. The number of hydrogen-bond acceptors (Lipinski definition) is 3. The number of anilines is 1. The lowest BCUT2D eigenvalue weighted by Crippen LogP contribution is -2.40. The number of nitrogens with zero attached hydrogens (tertiary/aromatic N) is 1. The monoisotopic (exact) mass is 311 g/mol. The number of nitrogens with two attached hydrogens (primary N) is 1. The van der Waals surface area contributed by atoms with Crippen LogP contribution in [0.1, 0.15) is 37.7 Å². The number of carbonyl (C=O) groups is 1. The molecular formula is C13H18BrN3O. The van der Waals surface area contributed by atoms with Crippen LogP contribution < -0.4 is 11.1 Å². The molecule has 0 saturated heterocycles. The molecule has 0 radical (unpaired) electrons. The Morgan fingerprint density at radius 3 is 2.83 bits per heavy atom. The van der Waals surface area contributed by atoms with Crippen molar-refractivity contribution in [3.8, 4) is 0 Å². The van der Waals surface area contributed by atoms with E-state index in [2.05, 4.69) is 26.2 Å². The number of pyridine rings is 1. The highest BCUT2D eigenvalue weighted by atomic mass is 79.9. The van der Waals surface area contributed by atoms with Crippen molar-refractivity contribution in [3.63, 3.8) is 0 Å². The van der Waals surface area contributed by atoms with Crippen LogP contribution in [-0.2, 0) is 4.79 Å². The normalized spacial score (nSPS) is 17.7. The summed E-state index contributed by atoms with van der Waals surface area (Å²) in [5.41, 5.74) is 7.60. The summed E-state index contributed by atoms with van der Waals surface area (Å²) in [5.74, 6) is -0.0251. The highest BCUT2D eigenvalue weighted by molar-refractivity contribution is 9.10.